The second-order valence-corrected chi connectivity index (χ2v) is 5.39. The third-order valence-corrected chi connectivity index (χ3v) is 3.92. The number of hydrogen-bond donors (Lipinski definition) is 0. The molecule has 0 bridgehead atoms. The first-order chi connectivity index (χ1) is 9.58. The van der Waals surface area contributed by atoms with Crippen LogP contribution in [0.1, 0.15) is 25.5 Å². The Morgan fingerprint density at radius 1 is 1.50 bits per heavy atom. The van der Waals surface area contributed by atoms with Crippen molar-refractivity contribution in [3.8, 4) is 0 Å². The Bertz CT molecular complexity index is 682. The van der Waals surface area contributed by atoms with Crippen LogP contribution in [-0.2, 0) is 4.74 Å². The van der Waals surface area contributed by atoms with Crippen LogP contribution in [0, 0.1) is 15.9 Å². The van der Waals surface area contributed by atoms with Gasteiger partial charge in [-0.15, -0.1) is 0 Å². The first-order valence-electron chi connectivity index (χ1n) is 6.21. The van der Waals surface area contributed by atoms with E-state index in [0.29, 0.717) is 16.6 Å². The number of non-ortho nitro benzene ring substituents is 1. The fourth-order valence-electron chi connectivity index (χ4n) is 2.40. The lowest BCUT2D eigenvalue weighted by Crippen LogP contribution is -2.19. The number of ether oxygens (including phenoxy) is 1. The molecule has 6 nitrogen and oxygen atoms in total. The van der Waals surface area contributed by atoms with E-state index in [-0.39, 0.29) is 17.4 Å². The SMILES string of the molecule is O=[N+]([O-])c1cc(F)c2c(c1)c(Br)nn2C1CCCCO1. The Morgan fingerprint density at radius 2 is 2.30 bits per heavy atom. The van der Waals surface area contributed by atoms with Gasteiger partial charge in [0.25, 0.3) is 5.69 Å². The largest absolute Gasteiger partial charge is 0.356 e. The monoisotopic (exact) mass is 343 g/mol. The standard InChI is InChI=1S/C12H11BrFN3O3/c13-12-8-5-7(17(18)19)6-9(14)11(8)16(15-12)10-3-1-2-4-20-10/h5-6,10H,1-4H2. The van der Waals surface area contributed by atoms with Crippen LogP contribution in [0.2, 0.25) is 0 Å². The van der Waals surface area contributed by atoms with Gasteiger partial charge in [-0.25, -0.2) is 9.07 Å². The van der Waals surface area contributed by atoms with Gasteiger partial charge in [-0.3, -0.25) is 10.1 Å². The van der Waals surface area contributed by atoms with Gasteiger partial charge >= 0.3 is 0 Å². The minimum atomic E-state index is -0.665. The highest BCUT2D eigenvalue weighted by atomic mass is 79.9. The van der Waals surface area contributed by atoms with E-state index in [4.69, 9.17) is 4.74 Å². The summed E-state index contributed by atoms with van der Waals surface area (Å²) >= 11 is 3.23. The molecule has 106 valence electrons. The van der Waals surface area contributed by atoms with E-state index in [1.165, 1.54) is 10.7 Å². The fourth-order valence-corrected chi connectivity index (χ4v) is 2.88. The van der Waals surface area contributed by atoms with Crippen molar-refractivity contribution in [2.75, 3.05) is 6.61 Å². The Morgan fingerprint density at radius 3 is 2.95 bits per heavy atom. The molecule has 1 fully saturated rings. The molecule has 8 heteroatoms. The van der Waals surface area contributed by atoms with Crippen molar-refractivity contribution >= 4 is 32.5 Å². The van der Waals surface area contributed by atoms with Crippen LogP contribution in [-0.4, -0.2) is 21.3 Å². The van der Waals surface area contributed by atoms with Gasteiger partial charge in [0, 0.05) is 18.1 Å². The molecule has 1 unspecified atom stereocenters. The van der Waals surface area contributed by atoms with Gasteiger partial charge in [0.2, 0.25) is 0 Å². The summed E-state index contributed by atoms with van der Waals surface area (Å²) in [7, 11) is 0. The van der Waals surface area contributed by atoms with Gasteiger partial charge in [0.15, 0.2) is 12.0 Å². The molecular weight excluding hydrogens is 333 g/mol. The number of aromatic nitrogens is 2. The highest BCUT2D eigenvalue weighted by Crippen LogP contribution is 2.34. The molecule has 0 N–H and O–H groups in total. The van der Waals surface area contributed by atoms with Crippen LogP contribution >= 0.6 is 15.9 Å². The molecule has 1 saturated heterocycles. The molecule has 0 radical (unpaired) electrons. The summed E-state index contributed by atoms with van der Waals surface area (Å²) in [6.45, 7) is 0.609. The quantitative estimate of drug-likeness (QED) is 0.617. The number of fused-ring (bicyclic) bond motifs is 1. The topological polar surface area (TPSA) is 70.2 Å². The second kappa shape index (κ2) is 5.10. The number of nitro groups is 1. The number of hydrogen-bond acceptors (Lipinski definition) is 4. The van der Waals surface area contributed by atoms with Crippen LogP contribution in [0.25, 0.3) is 10.9 Å². The summed E-state index contributed by atoms with van der Waals surface area (Å²) < 4.78 is 21.6. The van der Waals surface area contributed by atoms with E-state index in [1.54, 1.807) is 0 Å². The summed E-state index contributed by atoms with van der Waals surface area (Å²) in [5.74, 6) is -0.665. The van der Waals surface area contributed by atoms with Crippen LogP contribution < -0.4 is 0 Å². The predicted molar refractivity (Wildman–Crippen MR) is 72.9 cm³/mol. The molecule has 0 amide bonds. The maximum atomic E-state index is 14.2. The summed E-state index contributed by atoms with van der Waals surface area (Å²) in [5.41, 5.74) is -0.0609. The van der Waals surface area contributed by atoms with Crippen LogP contribution in [0.3, 0.4) is 0 Å². The maximum Gasteiger partial charge on any atom is 0.273 e. The van der Waals surface area contributed by atoms with E-state index < -0.39 is 10.7 Å². The number of nitrogens with zero attached hydrogens (tertiary/aromatic N) is 3. The average molecular weight is 344 g/mol. The lowest BCUT2D eigenvalue weighted by Gasteiger charge is -2.23. The molecule has 0 saturated carbocycles. The Labute approximate surface area is 121 Å². The minimum Gasteiger partial charge on any atom is -0.356 e. The maximum absolute atomic E-state index is 14.2. The van der Waals surface area contributed by atoms with Crippen molar-refractivity contribution in [1.29, 1.82) is 0 Å². The first kappa shape index (κ1) is 13.4. The first-order valence-corrected chi connectivity index (χ1v) is 7.00. The van der Waals surface area contributed by atoms with Crippen molar-refractivity contribution in [2.45, 2.75) is 25.5 Å². The van der Waals surface area contributed by atoms with Gasteiger partial charge in [-0.1, -0.05) is 0 Å². The molecule has 2 heterocycles. The smallest absolute Gasteiger partial charge is 0.273 e. The zero-order valence-electron chi connectivity index (χ0n) is 10.4. The van der Waals surface area contributed by atoms with Crippen molar-refractivity contribution < 1.29 is 14.1 Å². The third-order valence-electron chi connectivity index (χ3n) is 3.33. The van der Waals surface area contributed by atoms with Crippen molar-refractivity contribution in [3.63, 3.8) is 0 Å². The fraction of sp³-hybridized carbons (Fsp3) is 0.417. The summed E-state index contributed by atoms with van der Waals surface area (Å²) in [6.07, 6.45) is 2.39. The molecule has 2 aromatic rings. The van der Waals surface area contributed by atoms with Gasteiger partial charge in [-0.05, 0) is 35.2 Å². The zero-order chi connectivity index (χ0) is 14.3. The number of nitro benzene ring substituents is 1. The number of benzene rings is 1. The molecule has 1 aliphatic heterocycles. The average Bonchev–Trinajstić information content (AvgIpc) is 2.78. The Balaban J connectivity index is 2.17. The van der Waals surface area contributed by atoms with Gasteiger partial charge in [0.1, 0.15) is 10.1 Å². The van der Waals surface area contributed by atoms with Crippen molar-refractivity contribution in [1.82, 2.24) is 9.78 Å². The highest BCUT2D eigenvalue weighted by Gasteiger charge is 2.24. The van der Waals surface area contributed by atoms with E-state index in [1.807, 2.05) is 0 Å². The molecule has 1 atom stereocenters. The van der Waals surface area contributed by atoms with E-state index in [2.05, 4.69) is 21.0 Å². The Kier molecular flexibility index (Phi) is 3.43. The lowest BCUT2D eigenvalue weighted by atomic mass is 10.2. The molecule has 1 aromatic carbocycles. The van der Waals surface area contributed by atoms with E-state index in [0.717, 1.165) is 25.3 Å². The molecular formula is C12H11BrFN3O3. The van der Waals surface area contributed by atoms with Crippen molar-refractivity contribution in [2.24, 2.45) is 0 Å². The minimum absolute atomic E-state index is 0.231. The van der Waals surface area contributed by atoms with Gasteiger partial charge < -0.3 is 4.74 Å². The Hall–Kier alpha value is -1.54. The third kappa shape index (κ3) is 2.18. The number of halogens is 2. The van der Waals surface area contributed by atoms with Crippen molar-refractivity contribution in [3.05, 3.63) is 32.7 Å². The van der Waals surface area contributed by atoms with Gasteiger partial charge in [0.05, 0.1) is 11.0 Å². The summed E-state index contributed by atoms with van der Waals surface area (Å²) in [4.78, 5) is 10.2. The lowest BCUT2D eigenvalue weighted by molar-refractivity contribution is -0.384. The predicted octanol–water partition coefficient (Wildman–Crippen LogP) is 3.55. The zero-order valence-corrected chi connectivity index (χ0v) is 12.0. The van der Waals surface area contributed by atoms with Gasteiger partial charge in [-0.2, -0.15) is 5.10 Å². The van der Waals surface area contributed by atoms with Crippen LogP contribution in [0.5, 0.6) is 0 Å². The highest BCUT2D eigenvalue weighted by molar-refractivity contribution is 9.10. The van der Waals surface area contributed by atoms with Crippen LogP contribution in [0.4, 0.5) is 10.1 Å². The summed E-state index contributed by atoms with van der Waals surface area (Å²) in [6, 6.07) is 2.23. The molecule has 1 aliphatic rings. The van der Waals surface area contributed by atoms with E-state index in [9.17, 15) is 14.5 Å². The molecule has 1 aromatic heterocycles. The molecule has 0 spiro atoms. The molecule has 3 rings (SSSR count). The normalized spacial score (nSPS) is 19.4. The van der Waals surface area contributed by atoms with E-state index >= 15 is 0 Å². The molecule has 20 heavy (non-hydrogen) atoms. The second-order valence-electron chi connectivity index (χ2n) is 4.64. The summed E-state index contributed by atoms with van der Waals surface area (Å²) in [5, 5.41) is 15.4. The molecule has 0 aliphatic carbocycles. The number of rotatable bonds is 2. The van der Waals surface area contributed by atoms with Crippen LogP contribution in [0.15, 0.2) is 16.7 Å².